The first-order chi connectivity index (χ1) is 13.1. The van der Waals surface area contributed by atoms with Crippen LogP contribution < -0.4 is 14.8 Å². The van der Waals surface area contributed by atoms with Crippen LogP contribution in [-0.2, 0) is 22.4 Å². The standard InChI is InChI=1S/C18H21N3O5S/c1-24-15-9-16(25-2)21-18(20-15)19-14(22)10-26-17(23)13-8-11-6-4-3-5-7-12(11)27-13/h8-9H,3-7,10H2,1-2H3,(H,19,20,21,22). The van der Waals surface area contributed by atoms with E-state index in [0.29, 0.717) is 4.88 Å². The van der Waals surface area contributed by atoms with Crippen LogP contribution in [-0.4, -0.2) is 42.7 Å². The summed E-state index contributed by atoms with van der Waals surface area (Å²) in [7, 11) is 2.88. The van der Waals surface area contributed by atoms with E-state index in [-0.39, 0.29) is 17.7 Å². The fourth-order valence-electron chi connectivity index (χ4n) is 2.80. The molecule has 1 N–H and O–H groups in total. The predicted octanol–water partition coefficient (Wildman–Crippen LogP) is 2.62. The minimum atomic E-state index is -0.545. The highest BCUT2D eigenvalue weighted by atomic mass is 32.1. The number of nitrogens with zero attached hydrogens (tertiary/aromatic N) is 2. The van der Waals surface area contributed by atoms with Crippen LogP contribution in [0.2, 0.25) is 0 Å². The normalized spacial score (nSPS) is 13.3. The van der Waals surface area contributed by atoms with Crippen LogP contribution >= 0.6 is 11.3 Å². The number of hydrogen-bond acceptors (Lipinski definition) is 8. The summed E-state index contributed by atoms with van der Waals surface area (Å²) in [4.78, 5) is 34.1. The molecule has 8 nitrogen and oxygen atoms in total. The molecule has 0 unspecified atom stereocenters. The summed E-state index contributed by atoms with van der Waals surface area (Å²) < 4.78 is 15.2. The Morgan fingerprint density at radius 3 is 2.48 bits per heavy atom. The van der Waals surface area contributed by atoms with Crippen molar-refractivity contribution in [2.75, 3.05) is 26.1 Å². The zero-order valence-electron chi connectivity index (χ0n) is 15.2. The number of aromatic nitrogens is 2. The maximum Gasteiger partial charge on any atom is 0.348 e. The average molecular weight is 391 g/mol. The second-order valence-corrected chi connectivity index (χ2v) is 7.16. The van der Waals surface area contributed by atoms with Crippen LogP contribution in [0.1, 0.15) is 39.4 Å². The molecule has 0 saturated heterocycles. The van der Waals surface area contributed by atoms with Gasteiger partial charge in [-0.25, -0.2) is 4.79 Å². The van der Waals surface area contributed by atoms with E-state index < -0.39 is 18.5 Å². The molecule has 0 aromatic carbocycles. The summed E-state index contributed by atoms with van der Waals surface area (Å²) in [6.07, 6.45) is 5.51. The second-order valence-electron chi connectivity index (χ2n) is 6.02. The van der Waals surface area contributed by atoms with Gasteiger partial charge in [-0.05, 0) is 37.3 Å². The maximum atomic E-state index is 12.2. The highest BCUT2D eigenvalue weighted by Crippen LogP contribution is 2.29. The summed E-state index contributed by atoms with van der Waals surface area (Å²) in [5.74, 6) is -0.539. The Labute approximate surface area is 160 Å². The van der Waals surface area contributed by atoms with E-state index in [1.807, 2.05) is 6.07 Å². The van der Waals surface area contributed by atoms with Gasteiger partial charge < -0.3 is 14.2 Å². The lowest BCUT2D eigenvalue weighted by atomic mass is 10.1. The van der Waals surface area contributed by atoms with Crippen molar-refractivity contribution in [3.05, 3.63) is 27.5 Å². The average Bonchev–Trinajstić information content (AvgIpc) is 2.96. The molecule has 2 aromatic rings. The zero-order chi connectivity index (χ0) is 19.2. The number of ether oxygens (including phenoxy) is 3. The van der Waals surface area contributed by atoms with E-state index in [1.54, 1.807) is 0 Å². The quantitative estimate of drug-likeness (QED) is 0.597. The number of nitrogens with one attached hydrogen (secondary N) is 1. The molecule has 2 aromatic heterocycles. The van der Waals surface area contributed by atoms with Gasteiger partial charge >= 0.3 is 5.97 Å². The lowest BCUT2D eigenvalue weighted by Crippen LogP contribution is -2.22. The molecule has 0 fully saturated rings. The summed E-state index contributed by atoms with van der Waals surface area (Å²) in [6, 6.07) is 3.37. The monoisotopic (exact) mass is 391 g/mol. The van der Waals surface area contributed by atoms with Crippen molar-refractivity contribution in [2.45, 2.75) is 32.1 Å². The highest BCUT2D eigenvalue weighted by molar-refractivity contribution is 7.14. The molecule has 1 aliphatic rings. The molecule has 0 atom stereocenters. The van der Waals surface area contributed by atoms with Crippen molar-refractivity contribution in [2.24, 2.45) is 0 Å². The third-order valence-electron chi connectivity index (χ3n) is 4.13. The first kappa shape index (κ1) is 19.1. The SMILES string of the molecule is COc1cc(OC)nc(NC(=O)COC(=O)c2cc3c(s2)CCCCC3)n1. The molecule has 1 amide bonds. The number of fused-ring (bicyclic) bond motifs is 1. The Kier molecular flexibility index (Phi) is 6.23. The van der Waals surface area contributed by atoms with Gasteiger partial charge in [-0.2, -0.15) is 9.97 Å². The van der Waals surface area contributed by atoms with Crippen molar-refractivity contribution >= 4 is 29.2 Å². The lowest BCUT2D eigenvalue weighted by molar-refractivity contribution is -0.119. The molecule has 0 radical (unpaired) electrons. The molecular weight excluding hydrogens is 370 g/mol. The minimum absolute atomic E-state index is 0.00934. The van der Waals surface area contributed by atoms with E-state index in [2.05, 4.69) is 15.3 Å². The van der Waals surface area contributed by atoms with Crippen LogP contribution in [0.25, 0.3) is 0 Å². The van der Waals surface area contributed by atoms with Gasteiger partial charge in [0.2, 0.25) is 17.7 Å². The Bertz CT molecular complexity index is 791. The van der Waals surface area contributed by atoms with Crippen LogP contribution in [0.15, 0.2) is 12.1 Å². The number of aryl methyl sites for hydroxylation is 2. The zero-order valence-corrected chi connectivity index (χ0v) is 16.1. The molecule has 0 spiro atoms. The minimum Gasteiger partial charge on any atom is -0.481 e. The molecule has 0 saturated carbocycles. The number of hydrogen-bond donors (Lipinski definition) is 1. The van der Waals surface area contributed by atoms with Gasteiger partial charge in [0, 0.05) is 4.88 Å². The molecule has 3 rings (SSSR count). The van der Waals surface area contributed by atoms with E-state index in [9.17, 15) is 9.59 Å². The van der Waals surface area contributed by atoms with Crippen molar-refractivity contribution < 1.29 is 23.8 Å². The molecule has 0 aliphatic heterocycles. The fraction of sp³-hybridized carbons (Fsp3) is 0.444. The number of esters is 1. The number of thiophene rings is 1. The molecule has 1 aliphatic carbocycles. The van der Waals surface area contributed by atoms with Gasteiger partial charge in [-0.3, -0.25) is 10.1 Å². The first-order valence-corrected chi connectivity index (χ1v) is 9.46. The topological polar surface area (TPSA) is 99.6 Å². The molecule has 0 bridgehead atoms. The van der Waals surface area contributed by atoms with Gasteiger partial charge in [-0.15, -0.1) is 11.3 Å². The Morgan fingerprint density at radius 1 is 1.07 bits per heavy atom. The van der Waals surface area contributed by atoms with Crippen molar-refractivity contribution in [3.63, 3.8) is 0 Å². The van der Waals surface area contributed by atoms with Crippen molar-refractivity contribution in [1.29, 1.82) is 0 Å². The van der Waals surface area contributed by atoms with Crippen LogP contribution in [0.3, 0.4) is 0 Å². The van der Waals surface area contributed by atoms with Gasteiger partial charge in [0.15, 0.2) is 6.61 Å². The third kappa shape index (κ3) is 4.94. The van der Waals surface area contributed by atoms with Crippen molar-refractivity contribution in [3.8, 4) is 11.8 Å². The maximum absolute atomic E-state index is 12.2. The number of methoxy groups -OCH3 is 2. The Hall–Kier alpha value is -2.68. The predicted molar refractivity (Wildman–Crippen MR) is 99.6 cm³/mol. The van der Waals surface area contributed by atoms with E-state index in [4.69, 9.17) is 14.2 Å². The lowest BCUT2D eigenvalue weighted by Gasteiger charge is -2.07. The summed E-state index contributed by atoms with van der Waals surface area (Å²) in [5, 5.41) is 2.46. The van der Waals surface area contributed by atoms with Gasteiger partial charge in [0.05, 0.1) is 20.3 Å². The van der Waals surface area contributed by atoms with E-state index >= 15 is 0 Å². The molecule has 144 valence electrons. The molecule has 9 heteroatoms. The smallest absolute Gasteiger partial charge is 0.348 e. The highest BCUT2D eigenvalue weighted by Gasteiger charge is 2.18. The third-order valence-corrected chi connectivity index (χ3v) is 5.35. The summed E-state index contributed by atoms with van der Waals surface area (Å²) in [6.45, 7) is -0.426. The van der Waals surface area contributed by atoms with Crippen LogP contribution in [0.4, 0.5) is 5.95 Å². The van der Waals surface area contributed by atoms with Crippen LogP contribution in [0.5, 0.6) is 11.8 Å². The second kappa shape index (κ2) is 8.81. The fourth-order valence-corrected chi connectivity index (χ4v) is 3.95. The van der Waals surface area contributed by atoms with Gasteiger partial charge in [0.1, 0.15) is 4.88 Å². The number of amides is 1. The van der Waals surface area contributed by atoms with E-state index in [0.717, 1.165) is 25.7 Å². The Balaban J connectivity index is 1.57. The number of carbonyl (C=O) groups is 2. The number of anilines is 1. The molecule has 27 heavy (non-hydrogen) atoms. The first-order valence-electron chi connectivity index (χ1n) is 8.64. The summed E-state index contributed by atoms with van der Waals surface area (Å²) in [5.41, 5.74) is 1.23. The van der Waals surface area contributed by atoms with Crippen molar-refractivity contribution in [1.82, 2.24) is 9.97 Å². The number of carbonyl (C=O) groups excluding carboxylic acids is 2. The largest absolute Gasteiger partial charge is 0.481 e. The Morgan fingerprint density at radius 2 is 1.78 bits per heavy atom. The van der Waals surface area contributed by atoms with Gasteiger partial charge in [-0.1, -0.05) is 6.42 Å². The van der Waals surface area contributed by atoms with E-state index in [1.165, 1.54) is 48.5 Å². The van der Waals surface area contributed by atoms with Crippen LogP contribution in [0, 0.1) is 0 Å². The number of rotatable bonds is 6. The van der Waals surface area contributed by atoms with Gasteiger partial charge in [0.25, 0.3) is 5.91 Å². The summed E-state index contributed by atoms with van der Waals surface area (Å²) >= 11 is 1.46. The molecule has 2 heterocycles. The molecular formula is C18H21N3O5S.